The molecule has 0 radical (unpaired) electrons. The number of nitrogens with one attached hydrogen (secondary N) is 2. The van der Waals surface area contributed by atoms with Crippen molar-refractivity contribution in [2.45, 2.75) is 13.8 Å². The summed E-state index contributed by atoms with van der Waals surface area (Å²) in [5.74, 6) is 4.68. The van der Waals surface area contributed by atoms with E-state index in [-0.39, 0.29) is 17.2 Å². The number of aryl methyl sites for hydroxylation is 2. The molecule has 1 aromatic heterocycles. The second kappa shape index (κ2) is 5.15. The van der Waals surface area contributed by atoms with Gasteiger partial charge in [-0.15, -0.1) is 0 Å². The van der Waals surface area contributed by atoms with Crippen LogP contribution in [0.4, 0.5) is 26.2 Å². The molecule has 0 aliphatic rings. The number of aromatic nitrogens is 2. The van der Waals surface area contributed by atoms with Crippen LogP contribution in [0, 0.1) is 25.5 Å². The molecule has 0 fully saturated rings. The van der Waals surface area contributed by atoms with E-state index in [0.717, 1.165) is 12.1 Å². The zero-order chi connectivity index (χ0) is 14.0. The van der Waals surface area contributed by atoms with Crippen molar-refractivity contribution in [3.63, 3.8) is 0 Å². The van der Waals surface area contributed by atoms with Crippen molar-refractivity contribution in [3.05, 3.63) is 41.1 Å². The standard InChI is InChI=1S/C12H13F2N5/c1-6-3-9(14)10(4-8(6)13)17-11-7(2)5-16-12(18-11)19-15/h3-5H,15H2,1-2H3,(H2,16,17,18,19). The second-order valence-corrected chi connectivity index (χ2v) is 4.08. The van der Waals surface area contributed by atoms with Gasteiger partial charge in [0.25, 0.3) is 0 Å². The number of nitrogens with zero attached hydrogens (tertiary/aromatic N) is 2. The molecule has 0 saturated heterocycles. The lowest BCUT2D eigenvalue weighted by Gasteiger charge is -2.11. The molecule has 2 aromatic rings. The Balaban J connectivity index is 2.38. The number of benzene rings is 1. The zero-order valence-corrected chi connectivity index (χ0v) is 10.5. The number of rotatable bonds is 3. The fourth-order valence-electron chi connectivity index (χ4n) is 1.51. The van der Waals surface area contributed by atoms with E-state index >= 15 is 0 Å². The maximum Gasteiger partial charge on any atom is 0.239 e. The van der Waals surface area contributed by atoms with Gasteiger partial charge in [0.1, 0.15) is 17.5 Å². The van der Waals surface area contributed by atoms with E-state index in [4.69, 9.17) is 5.84 Å². The van der Waals surface area contributed by atoms with Gasteiger partial charge in [0.05, 0.1) is 5.69 Å². The minimum atomic E-state index is -0.556. The predicted octanol–water partition coefficient (Wildman–Crippen LogP) is 2.40. The molecule has 2 rings (SSSR count). The third-order valence-corrected chi connectivity index (χ3v) is 2.60. The SMILES string of the molecule is Cc1cc(F)c(Nc2nc(NN)ncc2C)cc1F. The highest BCUT2D eigenvalue weighted by Crippen LogP contribution is 2.24. The highest BCUT2D eigenvalue weighted by molar-refractivity contribution is 5.61. The lowest BCUT2D eigenvalue weighted by Crippen LogP contribution is -2.12. The molecule has 0 saturated carbocycles. The van der Waals surface area contributed by atoms with Crippen LogP contribution in [0.2, 0.25) is 0 Å². The lowest BCUT2D eigenvalue weighted by molar-refractivity contribution is 0.595. The Kier molecular flexibility index (Phi) is 3.57. The van der Waals surface area contributed by atoms with Gasteiger partial charge >= 0.3 is 0 Å². The first kappa shape index (κ1) is 13.2. The van der Waals surface area contributed by atoms with Crippen LogP contribution in [0.5, 0.6) is 0 Å². The molecule has 7 heteroatoms. The normalized spacial score (nSPS) is 10.4. The van der Waals surface area contributed by atoms with E-state index in [2.05, 4.69) is 20.7 Å². The Bertz CT molecular complexity index is 615. The largest absolute Gasteiger partial charge is 0.337 e. The minimum absolute atomic E-state index is 0.00729. The third-order valence-electron chi connectivity index (χ3n) is 2.60. The van der Waals surface area contributed by atoms with Crippen LogP contribution >= 0.6 is 0 Å². The first-order chi connectivity index (χ1) is 9.01. The molecule has 1 aromatic carbocycles. The summed E-state index contributed by atoms with van der Waals surface area (Å²) in [6.07, 6.45) is 1.52. The van der Waals surface area contributed by atoms with E-state index in [1.54, 1.807) is 6.92 Å². The maximum absolute atomic E-state index is 13.7. The van der Waals surface area contributed by atoms with Gasteiger partial charge in [-0.05, 0) is 25.5 Å². The molecule has 1 heterocycles. The van der Waals surface area contributed by atoms with Crippen molar-refractivity contribution in [3.8, 4) is 0 Å². The fourth-order valence-corrected chi connectivity index (χ4v) is 1.51. The Labute approximate surface area is 108 Å². The molecule has 100 valence electrons. The topological polar surface area (TPSA) is 75.9 Å². The average Bonchev–Trinajstić information content (AvgIpc) is 2.38. The van der Waals surface area contributed by atoms with Crippen molar-refractivity contribution in [1.82, 2.24) is 9.97 Å². The van der Waals surface area contributed by atoms with Crippen molar-refractivity contribution in [2.24, 2.45) is 5.84 Å². The van der Waals surface area contributed by atoms with E-state index < -0.39 is 11.6 Å². The summed E-state index contributed by atoms with van der Waals surface area (Å²) in [4.78, 5) is 7.93. The molecule has 0 amide bonds. The number of anilines is 3. The summed E-state index contributed by atoms with van der Waals surface area (Å²) in [5.41, 5.74) is 3.22. The molecule has 0 unspecified atom stereocenters. The smallest absolute Gasteiger partial charge is 0.239 e. The Hall–Kier alpha value is -2.28. The van der Waals surface area contributed by atoms with Crippen molar-refractivity contribution >= 4 is 17.5 Å². The number of nitrogen functional groups attached to an aromatic ring is 1. The van der Waals surface area contributed by atoms with Crippen molar-refractivity contribution < 1.29 is 8.78 Å². The van der Waals surface area contributed by atoms with E-state index in [1.165, 1.54) is 13.1 Å². The molecule has 0 atom stereocenters. The number of hydrazine groups is 1. The van der Waals surface area contributed by atoms with Gasteiger partial charge in [0.15, 0.2) is 0 Å². The summed E-state index contributed by atoms with van der Waals surface area (Å²) >= 11 is 0. The van der Waals surface area contributed by atoms with Crippen LogP contribution in [0.3, 0.4) is 0 Å². The molecular weight excluding hydrogens is 252 g/mol. The van der Waals surface area contributed by atoms with Crippen LogP contribution in [-0.4, -0.2) is 9.97 Å². The van der Waals surface area contributed by atoms with E-state index in [0.29, 0.717) is 11.4 Å². The summed E-state index contributed by atoms with van der Waals surface area (Å²) in [5, 5.41) is 2.72. The molecule has 0 spiro atoms. The van der Waals surface area contributed by atoms with Gasteiger partial charge in [-0.25, -0.2) is 19.6 Å². The van der Waals surface area contributed by atoms with Gasteiger partial charge < -0.3 is 5.32 Å². The van der Waals surface area contributed by atoms with Crippen LogP contribution < -0.4 is 16.6 Å². The quantitative estimate of drug-likeness (QED) is 0.587. The fraction of sp³-hybridized carbons (Fsp3) is 0.167. The summed E-state index contributed by atoms with van der Waals surface area (Å²) in [6, 6.07) is 2.21. The van der Waals surface area contributed by atoms with Gasteiger partial charge in [-0.3, -0.25) is 5.43 Å². The van der Waals surface area contributed by atoms with Gasteiger partial charge in [-0.2, -0.15) is 4.98 Å². The Morgan fingerprint density at radius 1 is 1.11 bits per heavy atom. The summed E-state index contributed by atoms with van der Waals surface area (Å²) < 4.78 is 27.2. The Morgan fingerprint density at radius 2 is 1.84 bits per heavy atom. The average molecular weight is 265 g/mol. The van der Waals surface area contributed by atoms with Crippen molar-refractivity contribution in [2.75, 3.05) is 10.7 Å². The van der Waals surface area contributed by atoms with Gasteiger partial charge in [0, 0.05) is 17.8 Å². The molecule has 19 heavy (non-hydrogen) atoms. The maximum atomic E-state index is 13.7. The van der Waals surface area contributed by atoms with Crippen molar-refractivity contribution in [1.29, 1.82) is 0 Å². The molecule has 0 aliphatic heterocycles. The minimum Gasteiger partial charge on any atom is -0.337 e. The second-order valence-electron chi connectivity index (χ2n) is 4.08. The molecular formula is C12H13F2N5. The number of nitrogens with two attached hydrogens (primary N) is 1. The molecule has 4 N–H and O–H groups in total. The summed E-state index contributed by atoms with van der Waals surface area (Å²) in [7, 11) is 0. The Morgan fingerprint density at radius 3 is 2.53 bits per heavy atom. The third kappa shape index (κ3) is 2.76. The van der Waals surface area contributed by atoms with Crippen LogP contribution in [0.1, 0.15) is 11.1 Å². The lowest BCUT2D eigenvalue weighted by atomic mass is 10.2. The first-order valence-corrected chi connectivity index (χ1v) is 5.54. The van der Waals surface area contributed by atoms with E-state index in [1.807, 2.05) is 0 Å². The van der Waals surface area contributed by atoms with Crippen LogP contribution in [0.25, 0.3) is 0 Å². The number of halogens is 2. The highest BCUT2D eigenvalue weighted by Gasteiger charge is 2.10. The number of hydrogen-bond donors (Lipinski definition) is 3. The zero-order valence-electron chi connectivity index (χ0n) is 10.5. The monoisotopic (exact) mass is 265 g/mol. The van der Waals surface area contributed by atoms with Gasteiger partial charge in [0.2, 0.25) is 5.95 Å². The van der Waals surface area contributed by atoms with Crippen LogP contribution in [0.15, 0.2) is 18.3 Å². The molecule has 0 bridgehead atoms. The van der Waals surface area contributed by atoms with Gasteiger partial charge in [-0.1, -0.05) is 0 Å². The molecule has 0 aliphatic carbocycles. The first-order valence-electron chi connectivity index (χ1n) is 5.54. The number of hydrogen-bond acceptors (Lipinski definition) is 5. The predicted molar refractivity (Wildman–Crippen MR) is 69.0 cm³/mol. The summed E-state index contributed by atoms with van der Waals surface area (Å²) in [6.45, 7) is 3.24. The molecule has 5 nitrogen and oxygen atoms in total. The highest BCUT2D eigenvalue weighted by atomic mass is 19.1. The van der Waals surface area contributed by atoms with E-state index in [9.17, 15) is 8.78 Å². The van der Waals surface area contributed by atoms with Crippen LogP contribution in [-0.2, 0) is 0 Å².